The predicted molar refractivity (Wildman–Crippen MR) is 103 cm³/mol. The summed E-state index contributed by atoms with van der Waals surface area (Å²) in [7, 11) is -2.48. The van der Waals surface area contributed by atoms with E-state index in [9.17, 15) is 26.4 Å². The molecule has 1 amide bonds. The van der Waals surface area contributed by atoms with Gasteiger partial charge in [0, 0.05) is 31.4 Å². The van der Waals surface area contributed by atoms with Gasteiger partial charge in [0.05, 0.1) is 5.56 Å². The molecule has 0 fully saturated rings. The Morgan fingerprint density at radius 1 is 1.10 bits per heavy atom. The number of nitrogens with zero attached hydrogens (tertiary/aromatic N) is 1. The molecule has 11 heteroatoms. The second kappa shape index (κ2) is 7.81. The van der Waals surface area contributed by atoms with E-state index in [2.05, 4.69) is 15.6 Å². The fourth-order valence-electron chi connectivity index (χ4n) is 2.32. The number of amides is 1. The normalized spacial score (nSPS) is 12.8. The maximum atomic E-state index is 13.6. The Hall–Kier alpha value is -2.37. The Kier molecular flexibility index (Phi) is 6.17. The molecule has 0 spiro atoms. The standard InChI is InChI=1S/C18H23F3N4O3S/c1-17(2,3)23-24-29(27,28)12-9-15(25(5)10-12)16(26)22-11-6-7-14(19)13(8-11)18(4,20)21/h6-10,23-24H,1-5H3,(H,22,26). The number of benzene rings is 1. The molecule has 0 unspecified atom stereocenters. The fourth-order valence-corrected chi connectivity index (χ4v) is 3.44. The lowest BCUT2D eigenvalue weighted by Crippen LogP contribution is -2.48. The number of sulfonamides is 1. The van der Waals surface area contributed by atoms with Crippen molar-refractivity contribution < 1.29 is 26.4 Å². The molecule has 0 aliphatic rings. The van der Waals surface area contributed by atoms with Gasteiger partial charge in [0.25, 0.3) is 21.9 Å². The number of hydrogen-bond donors (Lipinski definition) is 3. The van der Waals surface area contributed by atoms with E-state index in [1.54, 1.807) is 20.8 Å². The van der Waals surface area contributed by atoms with Gasteiger partial charge in [-0.1, -0.05) is 0 Å². The van der Waals surface area contributed by atoms with Crippen molar-refractivity contribution in [3.63, 3.8) is 0 Å². The zero-order valence-electron chi connectivity index (χ0n) is 16.6. The Bertz CT molecular complexity index is 1020. The van der Waals surface area contributed by atoms with Gasteiger partial charge in [-0.05, 0) is 45.0 Å². The monoisotopic (exact) mass is 432 g/mol. The summed E-state index contributed by atoms with van der Waals surface area (Å²) in [5.74, 6) is -5.27. The van der Waals surface area contributed by atoms with Crippen molar-refractivity contribution in [3.05, 3.63) is 47.5 Å². The lowest BCUT2D eigenvalue weighted by molar-refractivity contribution is 0.0138. The zero-order chi connectivity index (χ0) is 22.2. The number of alkyl halides is 2. The van der Waals surface area contributed by atoms with Gasteiger partial charge in [0.15, 0.2) is 0 Å². The van der Waals surface area contributed by atoms with Crippen LogP contribution < -0.4 is 15.6 Å². The summed E-state index contributed by atoms with van der Waals surface area (Å²) in [5.41, 5.74) is 1.17. The van der Waals surface area contributed by atoms with Crippen LogP contribution in [0.4, 0.5) is 18.9 Å². The Morgan fingerprint density at radius 2 is 1.72 bits per heavy atom. The minimum atomic E-state index is -3.94. The Balaban J connectivity index is 2.25. The maximum absolute atomic E-state index is 13.6. The molecule has 160 valence electrons. The summed E-state index contributed by atoms with van der Waals surface area (Å²) in [6.07, 6.45) is 1.23. The second-order valence-electron chi connectivity index (χ2n) is 7.69. The molecule has 3 N–H and O–H groups in total. The maximum Gasteiger partial charge on any atom is 0.273 e. The van der Waals surface area contributed by atoms with Crippen LogP contribution in [0.3, 0.4) is 0 Å². The highest BCUT2D eigenvalue weighted by Crippen LogP contribution is 2.31. The van der Waals surface area contributed by atoms with Crippen molar-refractivity contribution >= 4 is 21.6 Å². The van der Waals surface area contributed by atoms with Gasteiger partial charge < -0.3 is 9.88 Å². The molecule has 29 heavy (non-hydrogen) atoms. The molecule has 2 rings (SSSR count). The quantitative estimate of drug-likeness (QED) is 0.612. The van der Waals surface area contributed by atoms with Crippen LogP contribution in [0.15, 0.2) is 35.4 Å². The van der Waals surface area contributed by atoms with Crippen LogP contribution in [0.5, 0.6) is 0 Å². The van der Waals surface area contributed by atoms with Gasteiger partial charge in [-0.3, -0.25) is 4.79 Å². The number of carbonyl (C=O) groups is 1. The number of aryl methyl sites for hydroxylation is 1. The minimum Gasteiger partial charge on any atom is -0.345 e. The smallest absolute Gasteiger partial charge is 0.273 e. The zero-order valence-corrected chi connectivity index (χ0v) is 17.4. The van der Waals surface area contributed by atoms with Crippen molar-refractivity contribution in [2.75, 3.05) is 5.32 Å². The molecule has 0 bridgehead atoms. The van der Waals surface area contributed by atoms with Crippen molar-refractivity contribution in [1.29, 1.82) is 0 Å². The number of hydrazine groups is 1. The Morgan fingerprint density at radius 3 is 2.28 bits per heavy atom. The van der Waals surface area contributed by atoms with Gasteiger partial charge in [-0.25, -0.2) is 27.0 Å². The van der Waals surface area contributed by atoms with Crippen LogP contribution >= 0.6 is 0 Å². The molecule has 1 aromatic carbocycles. The average Bonchev–Trinajstić information content (AvgIpc) is 2.96. The largest absolute Gasteiger partial charge is 0.345 e. The van der Waals surface area contributed by atoms with E-state index in [1.807, 2.05) is 0 Å². The van der Waals surface area contributed by atoms with Gasteiger partial charge in [-0.2, -0.15) is 0 Å². The van der Waals surface area contributed by atoms with Crippen molar-refractivity contribution in [1.82, 2.24) is 14.8 Å². The molecular formula is C18H23F3N4O3S. The number of anilines is 1. The molecule has 0 aliphatic heterocycles. The summed E-state index contributed by atoms with van der Waals surface area (Å²) < 4.78 is 66.6. The molecule has 0 saturated carbocycles. The summed E-state index contributed by atoms with van der Waals surface area (Å²) >= 11 is 0. The molecule has 2 aromatic rings. The van der Waals surface area contributed by atoms with Crippen molar-refractivity contribution in [2.24, 2.45) is 7.05 Å². The van der Waals surface area contributed by atoms with Crippen LogP contribution in [0.2, 0.25) is 0 Å². The van der Waals surface area contributed by atoms with Gasteiger partial charge >= 0.3 is 0 Å². The molecule has 1 heterocycles. The number of aromatic nitrogens is 1. The molecule has 0 radical (unpaired) electrons. The lowest BCUT2D eigenvalue weighted by Gasteiger charge is -2.20. The molecule has 1 aromatic heterocycles. The minimum absolute atomic E-state index is 0.0322. The first-order chi connectivity index (χ1) is 13.1. The number of carbonyl (C=O) groups excluding carboxylic acids is 1. The third-order valence-electron chi connectivity index (χ3n) is 3.78. The number of rotatable bonds is 6. The third kappa shape index (κ3) is 5.81. The summed E-state index contributed by atoms with van der Waals surface area (Å²) in [6, 6.07) is 3.94. The topological polar surface area (TPSA) is 92.2 Å². The van der Waals surface area contributed by atoms with E-state index >= 15 is 0 Å². The highest BCUT2D eigenvalue weighted by molar-refractivity contribution is 7.89. The van der Waals surface area contributed by atoms with Gasteiger partial charge in [0.1, 0.15) is 16.4 Å². The average molecular weight is 432 g/mol. The van der Waals surface area contributed by atoms with E-state index in [1.165, 1.54) is 17.8 Å². The molecular weight excluding hydrogens is 409 g/mol. The molecule has 0 atom stereocenters. The third-order valence-corrected chi connectivity index (χ3v) is 5.00. The first-order valence-corrected chi connectivity index (χ1v) is 10.0. The summed E-state index contributed by atoms with van der Waals surface area (Å²) in [4.78, 5) is 14.6. The van der Waals surface area contributed by atoms with E-state index in [-0.39, 0.29) is 16.3 Å². The van der Waals surface area contributed by atoms with Crippen LogP contribution in [0.1, 0.15) is 43.7 Å². The SMILES string of the molecule is Cn1cc(S(=O)(=O)NNC(C)(C)C)cc1C(=O)Nc1ccc(F)c(C(C)(F)F)c1. The van der Waals surface area contributed by atoms with Crippen LogP contribution in [0.25, 0.3) is 0 Å². The van der Waals surface area contributed by atoms with Crippen LogP contribution in [0, 0.1) is 5.82 Å². The number of halogens is 3. The highest BCUT2D eigenvalue weighted by atomic mass is 32.2. The summed E-state index contributed by atoms with van der Waals surface area (Å²) in [5, 5.41) is 2.37. The first kappa shape index (κ1) is 22.9. The summed E-state index contributed by atoms with van der Waals surface area (Å²) in [6.45, 7) is 5.83. The highest BCUT2D eigenvalue weighted by Gasteiger charge is 2.29. The lowest BCUT2D eigenvalue weighted by atomic mass is 10.1. The van der Waals surface area contributed by atoms with Crippen molar-refractivity contribution in [3.8, 4) is 0 Å². The molecule has 7 nitrogen and oxygen atoms in total. The molecule has 0 aliphatic carbocycles. The van der Waals surface area contributed by atoms with E-state index in [4.69, 9.17) is 0 Å². The van der Waals surface area contributed by atoms with Crippen molar-refractivity contribution in [2.45, 2.75) is 44.1 Å². The van der Waals surface area contributed by atoms with Gasteiger partial charge in [0.2, 0.25) is 0 Å². The fraction of sp³-hybridized carbons (Fsp3) is 0.389. The second-order valence-corrected chi connectivity index (χ2v) is 9.37. The first-order valence-electron chi connectivity index (χ1n) is 8.55. The predicted octanol–water partition coefficient (Wildman–Crippen LogP) is 3.11. The molecule has 0 saturated heterocycles. The van der Waals surface area contributed by atoms with Crippen LogP contribution in [-0.2, 0) is 23.0 Å². The number of nitrogens with one attached hydrogen (secondary N) is 3. The van der Waals surface area contributed by atoms with E-state index in [0.29, 0.717) is 6.92 Å². The number of hydrogen-bond acceptors (Lipinski definition) is 4. The van der Waals surface area contributed by atoms with Gasteiger partial charge in [-0.15, -0.1) is 4.83 Å². The Labute approximate surface area is 167 Å². The van der Waals surface area contributed by atoms with E-state index in [0.717, 1.165) is 24.3 Å². The van der Waals surface area contributed by atoms with E-state index < -0.39 is 38.8 Å². The van der Waals surface area contributed by atoms with Crippen LogP contribution in [-0.4, -0.2) is 24.4 Å².